The minimum Gasteiger partial charge on any atom is -0.480 e. The van der Waals surface area contributed by atoms with Crippen LogP contribution < -0.4 is 5.32 Å². The molecule has 0 spiro atoms. The van der Waals surface area contributed by atoms with Crippen molar-refractivity contribution in [2.45, 2.75) is 65.5 Å². The minimum atomic E-state index is -0.896. The van der Waals surface area contributed by atoms with Crippen LogP contribution in [0.5, 0.6) is 0 Å². The summed E-state index contributed by atoms with van der Waals surface area (Å²) in [6, 6.07) is 0. The number of carboxylic acids is 1. The van der Waals surface area contributed by atoms with Crippen molar-refractivity contribution in [1.29, 1.82) is 0 Å². The van der Waals surface area contributed by atoms with Gasteiger partial charge in [0.1, 0.15) is 5.54 Å². The van der Waals surface area contributed by atoms with Crippen LogP contribution in [0.3, 0.4) is 0 Å². The maximum absolute atomic E-state index is 11.3. The Morgan fingerprint density at radius 3 is 2.44 bits per heavy atom. The Hall–Kier alpha value is -0.610. The molecule has 0 saturated heterocycles. The quantitative estimate of drug-likeness (QED) is 0.633. The molecule has 0 aromatic heterocycles. The Balaban J connectivity index is 4.18. The average Bonchev–Trinajstić information content (AvgIpc) is 2.25. The topological polar surface area (TPSA) is 58.6 Å². The van der Waals surface area contributed by atoms with E-state index in [2.05, 4.69) is 19.2 Å². The van der Waals surface area contributed by atoms with Crippen LogP contribution in [0.4, 0.5) is 0 Å². The van der Waals surface area contributed by atoms with Crippen LogP contribution in [0, 0.1) is 5.92 Å². The van der Waals surface area contributed by atoms with Gasteiger partial charge in [-0.3, -0.25) is 4.79 Å². The van der Waals surface area contributed by atoms with E-state index in [1.54, 1.807) is 6.92 Å². The van der Waals surface area contributed by atoms with Gasteiger partial charge in [-0.2, -0.15) is 0 Å². The molecular formula is C14H29NO3. The molecule has 0 rings (SSSR count). The number of rotatable bonds is 10. The van der Waals surface area contributed by atoms with Crippen molar-refractivity contribution >= 4 is 5.97 Å². The van der Waals surface area contributed by atoms with E-state index in [1.807, 2.05) is 13.8 Å². The van der Waals surface area contributed by atoms with Gasteiger partial charge >= 0.3 is 5.97 Å². The second-order valence-corrected chi connectivity index (χ2v) is 5.63. The molecule has 0 amide bonds. The van der Waals surface area contributed by atoms with Crippen molar-refractivity contribution in [2.24, 2.45) is 5.92 Å². The van der Waals surface area contributed by atoms with E-state index in [-0.39, 0.29) is 6.10 Å². The Bertz CT molecular complexity index is 243. The SMILES string of the molecule is CCCNC(C)(CC(C)OCCC(C)C)C(=O)O. The maximum Gasteiger partial charge on any atom is 0.323 e. The number of nitrogens with one attached hydrogen (secondary N) is 1. The average molecular weight is 259 g/mol. The third-order valence-electron chi connectivity index (χ3n) is 3.03. The largest absolute Gasteiger partial charge is 0.480 e. The van der Waals surface area contributed by atoms with E-state index < -0.39 is 11.5 Å². The van der Waals surface area contributed by atoms with E-state index >= 15 is 0 Å². The van der Waals surface area contributed by atoms with Crippen LogP contribution in [0.2, 0.25) is 0 Å². The first-order valence-electron chi connectivity index (χ1n) is 6.91. The van der Waals surface area contributed by atoms with Crippen LogP contribution in [0.15, 0.2) is 0 Å². The van der Waals surface area contributed by atoms with Gasteiger partial charge in [-0.15, -0.1) is 0 Å². The zero-order valence-corrected chi connectivity index (χ0v) is 12.5. The molecule has 4 heteroatoms. The lowest BCUT2D eigenvalue weighted by molar-refractivity contribution is -0.146. The highest BCUT2D eigenvalue weighted by atomic mass is 16.5. The van der Waals surface area contributed by atoms with E-state index in [0.29, 0.717) is 25.5 Å². The van der Waals surface area contributed by atoms with Gasteiger partial charge in [0.05, 0.1) is 6.10 Å². The fraction of sp³-hybridized carbons (Fsp3) is 0.929. The van der Waals surface area contributed by atoms with Gasteiger partial charge in [0.15, 0.2) is 0 Å². The Kier molecular flexibility index (Phi) is 8.20. The third-order valence-corrected chi connectivity index (χ3v) is 3.03. The Labute approximate surface area is 111 Å². The van der Waals surface area contributed by atoms with E-state index in [9.17, 15) is 9.90 Å². The lowest BCUT2D eigenvalue weighted by Gasteiger charge is -2.29. The highest BCUT2D eigenvalue weighted by Gasteiger charge is 2.34. The van der Waals surface area contributed by atoms with Crippen molar-refractivity contribution in [3.63, 3.8) is 0 Å². The summed E-state index contributed by atoms with van der Waals surface area (Å²) in [5.74, 6) is -0.198. The van der Waals surface area contributed by atoms with Gasteiger partial charge < -0.3 is 15.2 Å². The van der Waals surface area contributed by atoms with Gasteiger partial charge in [0, 0.05) is 13.0 Å². The molecule has 0 aromatic rings. The summed E-state index contributed by atoms with van der Waals surface area (Å²) in [6.07, 6.45) is 2.37. The summed E-state index contributed by atoms with van der Waals surface area (Å²) in [6.45, 7) is 11.4. The summed E-state index contributed by atoms with van der Waals surface area (Å²) < 4.78 is 5.68. The lowest BCUT2D eigenvalue weighted by Crippen LogP contribution is -2.51. The summed E-state index contributed by atoms with van der Waals surface area (Å²) in [5.41, 5.74) is -0.896. The normalized spacial score (nSPS) is 16.6. The Morgan fingerprint density at radius 2 is 2.00 bits per heavy atom. The third kappa shape index (κ3) is 6.97. The molecular weight excluding hydrogens is 230 g/mol. The first kappa shape index (κ1) is 17.4. The molecule has 0 aliphatic carbocycles. The molecule has 0 aliphatic rings. The fourth-order valence-electron chi connectivity index (χ4n) is 1.77. The highest BCUT2D eigenvalue weighted by Crippen LogP contribution is 2.16. The molecule has 0 heterocycles. The maximum atomic E-state index is 11.3. The van der Waals surface area contributed by atoms with Gasteiger partial charge in [0.2, 0.25) is 0 Å². The van der Waals surface area contributed by atoms with Crippen LogP contribution in [0.25, 0.3) is 0 Å². The number of hydrogen-bond acceptors (Lipinski definition) is 3. The zero-order valence-electron chi connectivity index (χ0n) is 12.5. The predicted octanol–water partition coefficient (Wildman–Crippen LogP) is 2.67. The van der Waals surface area contributed by atoms with Gasteiger partial charge in [-0.25, -0.2) is 0 Å². The molecule has 0 aromatic carbocycles. The van der Waals surface area contributed by atoms with Crippen molar-refractivity contribution in [1.82, 2.24) is 5.32 Å². The van der Waals surface area contributed by atoms with Crippen molar-refractivity contribution in [3.8, 4) is 0 Å². The van der Waals surface area contributed by atoms with E-state index in [4.69, 9.17) is 4.74 Å². The van der Waals surface area contributed by atoms with Crippen LogP contribution in [0.1, 0.15) is 53.9 Å². The number of hydrogen-bond donors (Lipinski definition) is 2. The summed E-state index contributed by atoms with van der Waals surface area (Å²) in [7, 11) is 0. The van der Waals surface area contributed by atoms with E-state index in [0.717, 1.165) is 12.8 Å². The number of carboxylic acid groups (broad SMARTS) is 1. The van der Waals surface area contributed by atoms with Crippen LogP contribution in [-0.2, 0) is 9.53 Å². The number of carbonyl (C=O) groups is 1. The summed E-state index contributed by atoms with van der Waals surface area (Å²) in [4.78, 5) is 11.3. The predicted molar refractivity (Wildman–Crippen MR) is 73.8 cm³/mol. The van der Waals surface area contributed by atoms with Crippen LogP contribution >= 0.6 is 0 Å². The number of aliphatic carboxylic acids is 1. The van der Waals surface area contributed by atoms with Crippen molar-refractivity contribution in [2.75, 3.05) is 13.2 Å². The van der Waals surface area contributed by atoms with Gasteiger partial charge in [-0.1, -0.05) is 20.8 Å². The summed E-state index contributed by atoms with van der Waals surface area (Å²) in [5, 5.41) is 12.4. The molecule has 0 saturated carbocycles. The minimum absolute atomic E-state index is 0.0470. The van der Waals surface area contributed by atoms with Crippen molar-refractivity contribution in [3.05, 3.63) is 0 Å². The van der Waals surface area contributed by atoms with E-state index in [1.165, 1.54) is 0 Å². The summed E-state index contributed by atoms with van der Waals surface area (Å²) >= 11 is 0. The monoisotopic (exact) mass is 259 g/mol. The second kappa shape index (κ2) is 8.48. The van der Waals surface area contributed by atoms with Gasteiger partial charge in [0.25, 0.3) is 0 Å². The molecule has 108 valence electrons. The Morgan fingerprint density at radius 1 is 1.39 bits per heavy atom. The second-order valence-electron chi connectivity index (χ2n) is 5.63. The molecule has 2 atom stereocenters. The molecule has 0 fully saturated rings. The van der Waals surface area contributed by atoms with Crippen molar-refractivity contribution < 1.29 is 14.6 Å². The molecule has 2 unspecified atom stereocenters. The molecule has 0 radical (unpaired) electrons. The highest BCUT2D eigenvalue weighted by molar-refractivity contribution is 5.78. The first-order valence-corrected chi connectivity index (χ1v) is 6.91. The van der Waals surface area contributed by atoms with Crippen LogP contribution in [-0.4, -0.2) is 35.9 Å². The first-order chi connectivity index (χ1) is 8.31. The standard InChI is InChI=1S/C14H29NO3/c1-6-8-15-14(5,13(16)17)10-12(4)18-9-7-11(2)3/h11-12,15H,6-10H2,1-5H3,(H,16,17). The molecule has 4 nitrogen and oxygen atoms in total. The van der Waals surface area contributed by atoms with Gasteiger partial charge in [-0.05, 0) is 39.2 Å². The zero-order chi connectivity index (χ0) is 14.2. The molecule has 0 aliphatic heterocycles. The smallest absolute Gasteiger partial charge is 0.323 e. The lowest BCUT2D eigenvalue weighted by atomic mass is 9.94. The number of ether oxygens (including phenoxy) is 1. The molecule has 0 bridgehead atoms. The molecule has 18 heavy (non-hydrogen) atoms. The fourth-order valence-corrected chi connectivity index (χ4v) is 1.77. The molecule has 2 N–H and O–H groups in total.